The molecule has 2 heterocycles. The largest absolute Gasteiger partial charge is 0.492 e. The van der Waals surface area contributed by atoms with Crippen LogP contribution in [0.1, 0.15) is 34.0 Å². The van der Waals surface area contributed by atoms with Crippen molar-refractivity contribution in [2.45, 2.75) is 12.5 Å². The maximum absolute atomic E-state index is 14.4. The van der Waals surface area contributed by atoms with E-state index in [0.29, 0.717) is 35.7 Å². The van der Waals surface area contributed by atoms with Crippen molar-refractivity contribution in [1.82, 2.24) is 4.98 Å². The van der Waals surface area contributed by atoms with Gasteiger partial charge >= 0.3 is 0 Å². The normalized spacial score (nSPS) is 14.3. The standard InChI is InChI=1S/C21H16FNO3/c22-18-4-2-1-3-16(18)21(14-7-10-23-11-8-14)26-15-5-6-17-19(24)9-12-25-20(17)13-15/h1-8,10-11,13,21H,9,12H2/t21-/m0/s1. The average Bonchev–Trinajstić information content (AvgIpc) is 2.68. The summed E-state index contributed by atoms with van der Waals surface area (Å²) >= 11 is 0. The number of nitrogens with zero attached hydrogens (tertiary/aromatic N) is 1. The van der Waals surface area contributed by atoms with Crippen molar-refractivity contribution < 1.29 is 18.7 Å². The highest BCUT2D eigenvalue weighted by atomic mass is 19.1. The Morgan fingerprint density at radius 1 is 1.08 bits per heavy atom. The van der Waals surface area contributed by atoms with E-state index in [9.17, 15) is 9.18 Å². The van der Waals surface area contributed by atoms with Gasteiger partial charge in [0.25, 0.3) is 0 Å². The van der Waals surface area contributed by atoms with Crippen LogP contribution in [0.2, 0.25) is 0 Å². The molecule has 1 aromatic heterocycles. The van der Waals surface area contributed by atoms with Gasteiger partial charge in [-0.25, -0.2) is 4.39 Å². The molecular formula is C21H16FNO3. The first-order chi connectivity index (χ1) is 12.7. The van der Waals surface area contributed by atoms with E-state index < -0.39 is 6.10 Å². The highest BCUT2D eigenvalue weighted by molar-refractivity contribution is 5.99. The number of benzene rings is 2. The second-order valence-electron chi connectivity index (χ2n) is 5.98. The van der Waals surface area contributed by atoms with E-state index in [1.54, 1.807) is 60.9 Å². The lowest BCUT2D eigenvalue weighted by Crippen LogP contribution is -2.16. The molecule has 0 spiro atoms. The predicted octanol–water partition coefficient (Wildman–Crippen LogP) is 4.35. The van der Waals surface area contributed by atoms with Crippen LogP contribution in [0.15, 0.2) is 67.0 Å². The number of pyridine rings is 1. The van der Waals surface area contributed by atoms with Crippen LogP contribution < -0.4 is 9.47 Å². The number of ether oxygens (including phenoxy) is 2. The van der Waals surface area contributed by atoms with Crippen LogP contribution >= 0.6 is 0 Å². The Morgan fingerprint density at radius 2 is 1.88 bits per heavy atom. The fraction of sp³-hybridized carbons (Fsp3) is 0.143. The molecular weight excluding hydrogens is 333 g/mol. The molecule has 4 nitrogen and oxygen atoms in total. The molecule has 0 saturated heterocycles. The number of carbonyl (C=O) groups excluding carboxylic acids is 1. The lowest BCUT2D eigenvalue weighted by atomic mass is 10.0. The van der Waals surface area contributed by atoms with E-state index in [1.807, 2.05) is 0 Å². The molecule has 1 atom stereocenters. The Kier molecular flexibility index (Phi) is 4.35. The summed E-state index contributed by atoms with van der Waals surface area (Å²) in [7, 11) is 0. The third kappa shape index (κ3) is 3.16. The van der Waals surface area contributed by atoms with Gasteiger partial charge in [-0.15, -0.1) is 0 Å². The summed E-state index contributed by atoms with van der Waals surface area (Å²) in [6.07, 6.45) is 3.02. The van der Waals surface area contributed by atoms with Gasteiger partial charge in [0, 0.05) is 36.0 Å². The molecule has 4 rings (SSSR count). The van der Waals surface area contributed by atoms with E-state index in [1.165, 1.54) is 6.07 Å². The molecule has 130 valence electrons. The maximum atomic E-state index is 14.4. The first kappa shape index (κ1) is 16.3. The van der Waals surface area contributed by atoms with Gasteiger partial charge < -0.3 is 9.47 Å². The molecule has 0 fully saturated rings. The first-order valence-corrected chi connectivity index (χ1v) is 8.33. The van der Waals surface area contributed by atoms with Crippen LogP contribution in [-0.4, -0.2) is 17.4 Å². The van der Waals surface area contributed by atoms with Crippen LogP contribution in [0.4, 0.5) is 4.39 Å². The van der Waals surface area contributed by atoms with E-state index in [0.717, 1.165) is 5.56 Å². The Balaban J connectivity index is 1.72. The smallest absolute Gasteiger partial charge is 0.169 e. The summed E-state index contributed by atoms with van der Waals surface area (Å²) < 4.78 is 26.1. The SMILES string of the molecule is O=C1CCOc2cc(O[C@@H](c3ccncc3)c3ccccc3F)ccc21. The Labute approximate surface area is 150 Å². The molecule has 26 heavy (non-hydrogen) atoms. The van der Waals surface area contributed by atoms with Gasteiger partial charge in [0.1, 0.15) is 17.3 Å². The zero-order chi connectivity index (χ0) is 17.9. The van der Waals surface area contributed by atoms with E-state index >= 15 is 0 Å². The maximum Gasteiger partial charge on any atom is 0.169 e. The number of fused-ring (bicyclic) bond motifs is 1. The minimum absolute atomic E-state index is 0.0533. The molecule has 1 aliphatic rings. The number of halogens is 1. The van der Waals surface area contributed by atoms with Gasteiger partial charge in [0.05, 0.1) is 12.2 Å². The predicted molar refractivity (Wildman–Crippen MR) is 94.0 cm³/mol. The van der Waals surface area contributed by atoms with Gasteiger partial charge in [0.2, 0.25) is 0 Å². The number of carbonyl (C=O) groups is 1. The monoisotopic (exact) mass is 349 g/mol. The molecule has 0 N–H and O–H groups in total. The molecule has 3 aromatic rings. The molecule has 0 saturated carbocycles. The first-order valence-electron chi connectivity index (χ1n) is 8.33. The van der Waals surface area contributed by atoms with Gasteiger partial charge in [-0.2, -0.15) is 0 Å². The summed E-state index contributed by atoms with van der Waals surface area (Å²) in [4.78, 5) is 15.9. The highest BCUT2D eigenvalue weighted by Gasteiger charge is 2.22. The van der Waals surface area contributed by atoms with Gasteiger partial charge in [-0.05, 0) is 30.3 Å². The van der Waals surface area contributed by atoms with Crippen molar-refractivity contribution >= 4 is 5.78 Å². The number of Topliss-reactive ketones (excluding diaryl/α,β-unsaturated/α-hetero) is 1. The van der Waals surface area contributed by atoms with Crippen molar-refractivity contribution in [3.05, 3.63) is 89.5 Å². The molecule has 5 heteroatoms. The van der Waals surface area contributed by atoms with Crippen molar-refractivity contribution in [3.8, 4) is 11.5 Å². The molecule has 0 aliphatic carbocycles. The number of aromatic nitrogens is 1. The summed E-state index contributed by atoms with van der Waals surface area (Å²) in [6, 6.07) is 15.2. The summed E-state index contributed by atoms with van der Waals surface area (Å²) in [5, 5.41) is 0. The average molecular weight is 349 g/mol. The van der Waals surface area contributed by atoms with Crippen molar-refractivity contribution in [1.29, 1.82) is 0 Å². The molecule has 0 radical (unpaired) electrons. The van der Waals surface area contributed by atoms with Crippen molar-refractivity contribution in [3.63, 3.8) is 0 Å². The minimum Gasteiger partial charge on any atom is -0.492 e. The van der Waals surface area contributed by atoms with E-state index in [2.05, 4.69) is 4.98 Å². The van der Waals surface area contributed by atoms with Crippen LogP contribution in [0, 0.1) is 5.82 Å². The number of ketones is 1. The van der Waals surface area contributed by atoms with Crippen LogP contribution in [0.25, 0.3) is 0 Å². The minimum atomic E-state index is -0.642. The van der Waals surface area contributed by atoms with E-state index in [-0.39, 0.29) is 11.6 Å². The lowest BCUT2D eigenvalue weighted by Gasteiger charge is -2.22. The molecule has 0 amide bonds. The summed E-state index contributed by atoms with van der Waals surface area (Å²) in [6.45, 7) is 0.358. The second-order valence-corrected chi connectivity index (χ2v) is 5.98. The fourth-order valence-corrected chi connectivity index (χ4v) is 2.99. The zero-order valence-corrected chi connectivity index (χ0v) is 13.9. The highest BCUT2D eigenvalue weighted by Crippen LogP contribution is 2.34. The van der Waals surface area contributed by atoms with Crippen LogP contribution in [0.3, 0.4) is 0 Å². The zero-order valence-electron chi connectivity index (χ0n) is 13.9. The Bertz CT molecular complexity index is 943. The fourth-order valence-electron chi connectivity index (χ4n) is 2.99. The molecule has 2 aromatic carbocycles. The third-order valence-corrected chi connectivity index (χ3v) is 4.29. The van der Waals surface area contributed by atoms with Crippen LogP contribution in [0.5, 0.6) is 11.5 Å². The van der Waals surface area contributed by atoms with Gasteiger partial charge in [-0.1, -0.05) is 18.2 Å². The second kappa shape index (κ2) is 6.96. The summed E-state index contributed by atoms with van der Waals surface area (Å²) in [5.41, 5.74) is 1.75. The molecule has 0 bridgehead atoms. The molecule has 0 unspecified atom stereocenters. The Hall–Kier alpha value is -3.21. The lowest BCUT2D eigenvalue weighted by molar-refractivity contribution is 0.0933. The number of hydrogen-bond acceptors (Lipinski definition) is 4. The third-order valence-electron chi connectivity index (χ3n) is 4.29. The van der Waals surface area contributed by atoms with Gasteiger partial charge in [-0.3, -0.25) is 9.78 Å². The van der Waals surface area contributed by atoms with Crippen molar-refractivity contribution in [2.75, 3.05) is 6.61 Å². The quantitative estimate of drug-likeness (QED) is 0.702. The number of rotatable bonds is 4. The topological polar surface area (TPSA) is 48.4 Å². The number of hydrogen-bond donors (Lipinski definition) is 0. The van der Waals surface area contributed by atoms with E-state index in [4.69, 9.17) is 9.47 Å². The van der Waals surface area contributed by atoms with Crippen LogP contribution in [-0.2, 0) is 0 Å². The van der Waals surface area contributed by atoms with Crippen molar-refractivity contribution in [2.24, 2.45) is 0 Å². The molecule has 1 aliphatic heterocycles. The van der Waals surface area contributed by atoms with Gasteiger partial charge in [0.15, 0.2) is 11.9 Å². The summed E-state index contributed by atoms with van der Waals surface area (Å²) in [5.74, 6) is 0.709. The Morgan fingerprint density at radius 3 is 2.69 bits per heavy atom.